The summed E-state index contributed by atoms with van der Waals surface area (Å²) in [6.07, 6.45) is 59.4. The molecule has 0 spiro atoms. The summed E-state index contributed by atoms with van der Waals surface area (Å²) in [4.78, 5) is 72.9. The van der Waals surface area contributed by atoms with Crippen molar-refractivity contribution in [2.45, 2.75) is 425 Å². The molecule has 5 atom stereocenters. The summed E-state index contributed by atoms with van der Waals surface area (Å²) in [5, 5.41) is 10.6. The topological polar surface area (TPSA) is 237 Å². The van der Waals surface area contributed by atoms with Gasteiger partial charge in [-0.15, -0.1) is 0 Å². The molecule has 0 rings (SSSR count). The van der Waals surface area contributed by atoms with Gasteiger partial charge in [0.1, 0.15) is 19.3 Å². The van der Waals surface area contributed by atoms with Crippen molar-refractivity contribution >= 4 is 39.5 Å². The van der Waals surface area contributed by atoms with Crippen LogP contribution in [0.3, 0.4) is 0 Å². The average molecular weight is 1410 g/mol. The maximum atomic E-state index is 13.1. The van der Waals surface area contributed by atoms with Gasteiger partial charge in [-0.1, -0.05) is 356 Å². The number of aliphatic hydroxyl groups is 1. The van der Waals surface area contributed by atoms with Gasteiger partial charge in [0.05, 0.1) is 26.4 Å². The normalized spacial score (nSPS) is 13.9. The highest BCUT2D eigenvalue weighted by molar-refractivity contribution is 7.47. The fourth-order valence-electron chi connectivity index (χ4n) is 11.9. The zero-order valence-electron chi connectivity index (χ0n) is 62.5. The lowest BCUT2D eigenvalue weighted by molar-refractivity contribution is -0.161. The highest BCUT2D eigenvalue weighted by Gasteiger charge is 2.30. The van der Waals surface area contributed by atoms with E-state index in [0.717, 1.165) is 95.8 Å². The molecule has 0 radical (unpaired) electrons. The maximum absolute atomic E-state index is 13.1. The molecule has 19 heteroatoms. The van der Waals surface area contributed by atoms with E-state index in [2.05, 4.69) is 34.6 Å². The van der Waals surface area contributed by atoms with Gasteiger partial charge in [0.25, 0.3) is 0 Å². The lowest BCUT2D eigenvalue weighted by atomic mass is 10.0. The van der Waals surface area contributed by atoms with Crippen LogP contribution in [0.25, 0.3) is 0 Å². The van der Waals surface area contributed by atoms with Crippen molar-refractivity contribution in [3.63, 3.8) is 0 Å². The summed E-state index contributed by atoms with van der Waals surface area (Å²) >= 11 is 0. The number of rotatable bonds is 77. The molecular weight excluding hydrogens is 1260 g/mol. The van der Waals surface area contributed by atoms with Crippen LogP contribution in [0.1, 0.15) is 407 Å². The average Bonchev–Trinajstić information content (AvgIpc) is 2.00. The number of phosphoric ester groups is 2. The van der Waals surface area contributed by atoms with E-state index in [1.807, 2.05) is 0 Å². The number of carbonyl (C=O) groups is 4. The van der Waals surface area contributed by atoms with Crippen molar-refractivity contribution < 1.29 is 80.2 Å². The van der Waals surface area contributed by atoms with Gasteiger partial charge in [0.2, 0.25) is 0 Å². The minimum Gasteiger partial charge on any atom is -0.462 e. The summed E-state index contributed by atoms with van der Waals surface area (Å²) in [7, 11) is -9.91. The first-order chi connectivity index (χ1) is 46.5. The van der Waals surface area contributed by atoms with Crippen LogP contribution in [0.2, 0.25) is 0 Å². The standard InChI is InChI=1S/C77H150O17P2/c1-6-9-12-15-18-21-24-26-28-30-32-37-42-47-52-57-62-76(81)93-73(67-88-75(80)61-56-51-46-41-36-31-29-27-25-22-19-16-13-10-7-2)69-92-96(85,86)90-65-71(78)64-89-95(83,84)91-68-72(66-87-74(79)60-55-50-45-40-34-23-20-17-14-11-8-3)94-77(82)63-58-53-48-43-38-33-35-39-44-49-54-59-70(4)5/h70-73,78H,6-69H2,1-5H3,(H,83,84)(H,85,86)/t71-,72+,73+/m0/s1. The molecule has 0 aromatic rings. The molecule has 0 bridgehead atoms. The van der Waals surface area contributed by atoms with Gasteiger partial charge in [-0.25, -0.2) is 9.13 Å². The first-order valence-corrected chi connectivity index (χ1v) is 43.1. The third kappa shape index (κ3) is 70.5. The molecule has 0 heterocycles. The van der Waals surface area contributed by atoms with Gasteiger partial charge in [0.15, 0.2) is 12.2 Å². The molecule has 0 aliphatic carbocycles. The highest BCUT2D eigenvalue weighted by atomic mass is 31.2. The van der Waals surface area contributed by atoms with E-state index in [1.165, 1.54) is 231 Å². The van der Waals surface area contributed by atoms with E-state index in [-0.39, 0.29) is 25.7 Å². The summed E-state index contributed by atoms with van der Waals surface area (Å²) < 4.78 is 68.6. The molecule has 570 valence electrons. The van der Waals surface area contributed by atoms with Crippen molar-refractivity contribution in [1.29, 1.82) is 0 Å². The van der Waals surface area contributed by atoms with Gasteiger partial charge >= 0.3 is 39.5 Å². The Morgan fingerprint density at radius 2 is 0.479 bits per heavy atom. The predicted octanol–water partition coefficient (Wildman–Crippen LogP) is 22.9. The van der Waals surface area contributed by atoms with E-state index in [4.69, 9.17) is 37.0 Å². The third-order valence-electron chi connectivity index (χ3n) is 18.0. The molecule has 17 nitrogen and oxygen atoms in total. The highest BCUT2D eigenvalue weighted by Crippen LogP contribution is 2.45. The molecule has 0 amide bonds. The van der Waals surface area contributed by atoms with Crippen molar-refractivity contribution in [2.75, 3.05) is 39.6 Å². The van der Waals surface area contributed by atoms with Crippen molar-refractivity contribution in [1.82, 2.24) is 0 Å². The number of hydrogen-bond acceptors (Lipinski definition) is 15. The molecule has 2 unspecified atom stereocenters. The summed E-state index contributed by atoms with van der Waals surface area (Å²) in [6.45, 7) is 7.31. The number of carbonyl (C=O) groups excluding carboxylic acids is 4. The van der Waals surface area contributed by atoms with Crippen LogP contribution in [0.5, 0.6) is 0 Å². The summed E-state index contributed by atoms with van der Waals surface area (Å²) in [5.74, 6) is -1.34. The smallest absolute Gasteiger partial charge is 0.462 e. The molecule has 0 saturated carbocycles. The van der Waals surface area contributed by atoms with E-state index >= 15 is 0 Å². The van der Waals surface area contributed by atoms with Gasteiger partial charge < -0.3 is 33.8 Å². The quantitative estimate of drug-likeness (QED) is 0.0222. The van der Waals surface area contributed by atoms with E-state index in [1.54, 1.807) is 0 Å². The van der Waals surface area contributed by atoms with Crippen LogP contribution in [0.15, 0.2) is 0 Å². The Balaban J connectivity index is 5.26. The molecule has 0 aromatic heterocycles. The number of unbranched alkanes of at least 4 members (excludes halogenated alkanes) is 49. The Morgan fingerprint density at radius 3 is 0.708 bits per heavy atom. The molecule has 96 heavy (non-hydrogen) atoms. The zero-order valence-corrected chi connectivity index (χ0v) is 64.3. The van der Waals surface area contributed by atoms with E-state index < -0.39 is 97.5 Å². The number of phosphoric acid groups is 2. The fourth-order valence-corrected chi connectivity index (χ4v) is 13.5. The van der Waals surface area contributed by atoms with Crippen LogP contribution in [-0.2, 0) is 65.4 Å². The molecule has 0 aliphatic rings. The van der Waals surface area contributed by atoms with Crippen LogP contribution >= 0.6 is 15.6 Å². The van der Waals surface area contributed by atoms with Crippen LogP contribution in [0.4, 0.5) is 0 Å². The second-order valence-electron chi connectivity index (χ2n) is 28.2. The summed E-state index contributed by atoms with van der Waals surface area (Å²) in [5.41, 5.74) is 0. The molecule has 0 aliphatic heterocycles. The summed E-state index contributed by atoms with van der Waals surface area (Å²) in [6, 6.07) is 0. The number of aliphatic hydroxyl groups excluding tert-OH is 1. The number of ether oxygens (including phenoxy) is 4. The molecule has 0 fully saturated rings. The van der Waals surface area contributed by atoms with Crippen molar-refractivity contribution in [3.8, 4) is 0 Å². The fraction of sp³-hybridized carbons (Fsp3) is 0.948. The molecule has 0 saturated heterocycles. The first-order valence-electron chi connectivity index (χ1n) is 40.1. The van der Waals surface area contributed by atoms with Crippen molar-refractivity contribution in [3.05, 3.63) is 0 Å². The molecule has 3 N–H and O–H groups in total. The van der Waals surface area contributed by atoms with Gasteiger partial charge in [-0.3, -0.25) is 37.3 Å². The van der Waals surface area contributed by atoms with Crippen LogP contribution in [0, 0.1) is 5.92 Å². The molecular formula is C77H150O17P2. The minimum absolute atomic E-state index is 0.107. The third-order valence-corrected chi connectivity index (χ3v) is 19.9. The minimum atomic E-state index is -4.96. The second kappa shape index (κ2) is 70.1. The SMILES string of the molecule is CCCCCCCCCCCCCCCCCCC(=O)O[C@H](COC(=O)CCCCCCCCCCCCCCCCC)COP(=O)(O)OC[C@@H](O)COP(=O)(O)OC[C@@H](COC(=O)CCCCCCCCCCCCC)OC(=O)CCCCCCCCCCCCCC(C)C. The van der Waals surface area contributed by atoms with Crippen LogP contribution < -0.4 is 0 Å². The zero-order chi connectivity index (χ0) is 70.5. The van der Waals surface area contributed by atoms with Gasteiger partial charge in [-0.2, -0.15) is 0 Å². The van der Waals surface area contributed by atoms with Crippen molar-refractivity contribution in [2.24, 2.45) is 5.92 Å². The maximum Gasteiger partial charge on any atom is 0.472 e. The van der Waals surface area contributed by atoms with Crippen LogP contribution in [-0.4, -0.2) is 96.7 Å². The number of hydrogen-bond donors (Lipinski definition) is 3. The largest absolute Gasteiger partial charge is 0.472 e. The van der Waals surface area contributed by atoms with E-state index in [9.17, 15) is 43.2 Å². The number of esters is 4. The Morgan fingerprint density at radius 1 is 0.281 bits per heavy atom. The Labute approximate surface area is 588 Å². The Hall–Kier alpha value is -1.94. The Bertz CT molecular complexity index is 1840. The molecule has 0 aromatic carbocycles. The monoisotopic (exact) mass is 1410 g/mol. The predicted molar refractivity (Wildman–Crippen MR) is 391 cm³/mol. The first kappa shape index (κ1) is 94.1. The second-order valence-corrected chi connectivity index (χ2v) is 31.1. The Kier molecular flexibility index (Phi) is 68.7. The van der Waals surface area contributed by atoms with Gasteiger partial charge in [-0.05, 0) is 31.6 Å². The lowest BCUT2D eigenvalue weighted by Crippen LogP contribution is -2.30. The lowest BCUT2D eigenvalue weighted by Gasteiger charge is -2.21. The van der Waals surface area contributed by atoms with Gasteiger partial charge in [0, 0.05) is 25.7 Å². The van der Waals surface area contributed by atoms with E-state index in [0.29, 0.717) is 25.7 Å².